The Kier molecular flexibility index (Phi) is 4.00. The second-order valence-corrected chi connectivity index (χ2v) is 5.01. The highest BCUT2D eigenvalue weighted by Gasteiger charge is 2.34. The Labute approximate surface area is 93.6 Å². The normalized spacial score (nSPS) is 26.2. The monoisotopic (exact) mass is 211 g/mol. The summed E-state index contributed by atoms with van der Waals surface area (Å²) in [4.78, 5) is 2.56. The minimum Gasteiger partial charge on any atom is -0.314 e. The summed E-state index contributed by atoms with van der Waals surface area (Å²) in [5, 5.41) is 7.16. The summed E-state index contributed by atoms with van der Waals surface area (Å²) in [7, 11) is 0. The second-order valence-electron chi connectivity index (χ2n) is 5.01. The predicted molar refractivity (Wildman–Crippen MR) is 64.2 cm³/mol. The van der Waals surface area contributed by atoms with E-state index in [1.54, 1.807) is 0 Å². The Morgan fingerprint density at radius 1 is 1.27 bits per heavy atom. The Morgan fingerprint density at radius 3 is 2.53 bits per heavy atom. The molecule has 0 bridgehead atoms. The van der Waals surface area contributed by atoms with Crippen molar-refractivity contribution in [1.82, 2.24) is 15.5 Å². The van der Waals surface area contributed by atoms with Crippen molar-refractivity contribution in [2.45, 2.75) is 38.1 Å². The molecule has 0 radical (unpaired) electrons. The van der Waals surface area contributed by atoms with E-state index in [-0.39, 0.29) is 0 Å². The summed E-state index contributed by atoms with van der Waals surface area (Å²) in [6.07, 6.45) is 5.51. The molecular formula is C12H25N3. The van der Waals surface area contributed by atoms with Crippen molar-refractivity contribution in [3.8, 4) is 0 Å². The molecule has 2 rings (SSSR count). The number of nitrogens with zero attached hydrogens (tertiary/aromatic N) is 1. The fourth-order valence-corrected chi connectivity index (χ4v) is 2.67. The fourth-order valence-electron chi connectivity index (χ4n) is 2.67. The van der Waals surface area contributed by atoms with Crippen molar-refractivity contribution >= 4 is 0 Å². The third-order valence-corrected chi connectivity index (χ3v) is 4.13. The van der Waals surface area contributed by atoms with Crippen LogP contribution in [0.15, 0.2) is 0 Å². The molecule has 1 aliphatic carbocycles. The summed E-state index contributed by atoms with van der Waals surface area (Å²) in [6, 6.07) is 0. The molecule has 0 aromatic rings. The molecule has 1 saturated carbocycles. The molecular weight excluding hydrogens is 186 g/mol. The summed E-state index contributed by atoms with van der Waals surface area (Å²) < 4.78 is 0. The van der Waals surface area contributed by atoms with Gasteiger partial charge in [0.2, 0.25) is 0 Å². The summed E-state index contributed by atoms with van der Waals surface area (Å²) in [5.41, 5.74) is 0.522. The van der Waals surface area contributed by atoms with Gasteiger partial charge in [0.15, 0.2) is 0 Å². The van der Waals surface area contributed by atoms with E-state index >= 15 is 0 Å². The quantitative estimate of drug-likeness (QED) is 0.705. The summed E-state index contributed by atoms with van der Waals surface area (Å²) >= 11 is 0. The van der Waals surface area contributed by atoms with Gasteiger partial charge in [-0.1, -0.05) is 6.92 Å². The van der Waals surface area contributed by atoms with Crippen LogP contribution in [0, 0.1) is 0 Å². The maximum atomic E-state index is 3.77. The molecule has 88 valence electrons. The lowest BCUT2D eigenvalue weighted by atomic mass is 9.75. The zero-order chi connectivity index (χ0) is 10.6. The molecule has 2 N–H and O–H groups in total. The Hall–Kier alpha value is -0.120. The van der Waals surface area contributed by atoms with Crippen LogP contribution in [0.2, 0.25) is 0 Å². The van der Waals surface area contributed by atoms with Crippen LogP contribution >= 0.6 is 0 Å². The number of piperazine rings is 1. The highest BCUT2D eigenvalue weighted by Crippen LogP contribution is 2.34. The first-order valence-corrected chi connectivity index (χ1v) is 6.53. The molecule has 0 spiro atoms. The fraction of sp³-hybridized carbons (Fsp3) is 1.00. The van der Waals surface area contributed by atoms with E-state index in [0.29, 0.717) is 5.54 Å². The summed E-state index contributed by atoms with van der Waals surface area (Å²) in [6.45, 7) is 9.49. The summed E-state index contributed by atoms with van der Waals surface area (Å²) in [5.74, 6) is 0. The first-order valence-electron chi connectivity index (χ1n) is 6.53. The van der Waals surface area contributed by atoms with Crippen LogP contribution in [0.1, 0.15) is 32.6 Å². The van der Waals surface area contributed by atoms with Crippen molar-refractivity contribution < 1.29 is 0 Å². The first-order chi connectivity index (χ1) is 7.35. The third kappa shape index (κ3) is 2.92. The smallest absolute Gasteiger partial charge is 0.0179 e. The van der Waals surface area contributed by atoms with E-state index in [2.05, 4.69) is 22.5 Å². The van der Waals surface area contributed by atoms with Gasteiger partial charge in [-0.2, -0.15) is 0 Å². The number of hydrogen-bond acceptors (Lipinski definition) is 3. The van der Waals surface area contributed by atoms with E-state index < -0.39 is 0 Å². The van der Waals surface area contributed by atoms with Gasteiger partial charge < -0.3 is 10.6 Å². The van der Waals surface area contributed by atoms with E-state index in [1.165, 1.54) is 65.0 Å². The lowest BCUT2D eigenvalue weighted by Crippen LogP contribution is -2.53. The van der Waals surface area contributed by atoms with E-state index in [4.69, 9.17) is 0 Å². The number of rotatable bonds is 5. The molecule has 1 saturated heterocycles. The van der Waals surface area contributed by atoms with Crippen LogP contribution in [-0.2, 0) is 0 Å². The molecule has 1 heterocycles. The van der Waals surface area contributed by atoms with Gasteiger partial charge in [-0.05, 0) is 25.7 Å². The molecule has 15 heavy (non-hydrogen) atoms. The Balaban J connectivity index is 1.61. The topological polar surface area (TPSA) is 27.3 Å². The van der Waals surface area contributed by atoms with Gasteiger partial charge in [0.25, 0.3) is 0 Å². The van der Waals surface area contributed by atoms with Crippen LogP contribution in [-0.4, -0.2) is 49.7 Å². The van der Waals surface area contributed by atoms with Gasteiger partial charge in [0, 0.05) is 44.8 Å². The first kappa shape index (κ1) is 11.4. The van der Waals surface area contributed by atoms with Crippen molar-refractivity contribution in [1.29, 1.82) is 0 Å². The lowest BCUT2D eigenvalue weighted by molar-refractivity contribution is 0.161. The van der Waals surface area contributed by atoms with Crippen molar-refractivity contribution in [2.24, 2.45) is 0 Å². The van der Waals surface area contributed by atoms with E-state index in [9.17, 15) is 0 Å². The van der Waals surface area contributed by atoms with Crippen LogP contribution in [0.3, 0.4) is 0 Å². The minimum atomic E-state index is 0.522. The zero-order valence-electron chi connectivity index (χ0n) is 10.0. The van der Waals surface area contributed by atoms with Gasteiger partial charge in [0.1, 0.15) is 0 Å². The van der Waals surface area contributed by atoms with Gasteiger partial charge >= 0.3 is 0 Å². The van der Waals surface area contributed by atoms with Crippen molar-refractivity contribution in [2.75, 3.05) is 39.3 Å². The SMILES string of the molecule is CCC1(NCCN2CCNCC2)CCC1. The molecule has 2 aliphatic rings. The van der Waals surface area contributed by atoms with Gasteiger partial charge in [-0.25, -0.2) is 0 Å². The molecule has 0 unspecified atom stereocenters. The van der Waals surface area contributed by atoms with Crippen LogP contribution in [0.5, 0.6) is 0 Å². The van der Waals surface area contributed by atoms with Crippen LogP contribution in [0.25, 0.3) is 0 Å². The lowest BCUT2D eigenvalue weighted by Gasteiger charge is -2.43. The number of hydrogen-bond donors (Lipinski definition) is 2. The van der Waals surface area contributed by atoms with E-state index in [0.717, 1.165) is 0 Å². The maximum absolute atomic E-state index is 3.77. The minimum absolute atomic E-state index is 0.522. The molecule has 0 amide bonds. The third-order valence-electron chi connectivity index (χ3n) is 4.13. The van der Waals surface area contributed by atoms with Gasteiger partial charge in [-0.15, -0.1) is 0 Å². The Morgan fingerprint density at radius 2 is 2.00 bits per heavy atom. The largest absolute Gasteiger partial charge is 0.314 e. The predicted octanol–water partition coefficient (Wildman–Crippen LogP) is 0.814. The highest BCUT2D eigenvalue weighted by molar-refractivity contribution is 4.94. The van der Waals surface area contributed by atoms with Crippen molar-refractivity contribution in [3.05, 3.63) is 0 Å². The maximum Gasteiger partial charge on any atom is 0.0179 e. The van der Waals surface area contributed by atoms with Crippen LogP contribution < -0.4 is 10.6 Å². The highest BCUT2D eigenvalue weighted by atomic mass is 15.2. The molecule has 1 aliphatic heterocycles. The second kappa shape index (κ2) is 5.28. The molecule has 0 atom stereocenters. The zero-order valence-corrected chi connectivity index (χ0v) is 10.0. The molecule has 3 heteroatoms. The van der Waals surface area contributed by atoms with Crippen molar-refractivity contribution in [3.63, 3.8) is 0 Å². The van der Waals surface area contributed by atoms with E-state index in [1.807, 2.05) is 0 Å². The van der Waals surface area contributed by atoms with Crippen LogP contribution in [0.4, 0.5) is 0 Å². The average molecular weight is 211 g/mol. The Bertz CT molecular complexity index is 178. The average Bonchev–Trinajstić information content (AvgIpc) is 2.24. The van der Waals surface area contributed by atoms with Gasteiger partial charge in [-0.3, -0.25) is 4.90 Å². The van der Waals surface area contributed by atoms with Gasteiger partial charge in [0.05, 0.1) is 0 Å². The molecule has 0 aromatic heterocycles. The molecule has 2 fully saturated rings. The molecule has 3 nitrogen and oxygen atoms in total. The molecule has 0 aromatic carbocycles. The number of nitrogens with one attached hydrogen (secondary N) is 2. The standard InChI is InChI=1S/C12H25N3/c1-2-12(4-3-5-12)14-8-11-15-9-6-13-7-10-15/h13-14H,2-11H2,1H3.